The zero-order chi connectivity index (χ0) is 15.4. The maximum Gasteiger partial charge on any atom is 0.251 e. The second-order valence-electron chi connectivity index (χ2n) is 5.55. The Labute approximate surface area is 124 Å². The van der Waals surface area contributed by atoms with Gasteiger partial charge in [0.15, 0.2) is 0 Å². The molecule has 0 aliphatic carbocycles. The lowest BCUT2D eigenvalue weighted by molar-refractivity contribution is 0.445. The second kappa shape index (κ2) is 6.67. The molecule has 2 heterocycles. The van der Waals surface area contributed by atoms with E-state index < -0.39 is 0 Å². The predicted molar refractivity (Wildman–Crippen MR) is 82.5 cm³/mol. The molecule has 6 nitrogen and oxygen atoms in total. The van der Waals surface area contributed by atoms with Gasteiger partial charge in [-0.25, -0.2) is 4.98 Å². The molecule has 6 heteroatoms. The average Bonchev–Trinajstić information content (AvgIpc) is 2.66. The van der Waals surface area contributed by atoms with Crippen LogP contribution in [0.15, 0.2) is 16.9 Å². The van der Waals surface area contributed by atoms with E-state index in [1.165, 1.54) is 11.8 Å². The Bertz CT molecular complexity index is 658. The fraction of sp³-hybridized carbons (Fsp3) is 0.533. The van der Waals surface area contributed by atoms with Crippen LogP contribution in [0.2, 0.25) is 0 Å². The summed E-state index contributed by atoms with van der Waals surface area (Å²) >= 11 is 0. The molecular formula is C15H23N5O. The molecule has 1 unspecified atom stereocenters. The first-order valence-electron chi connectivity index (χ1n) is 7.25. The van der Waals surface area contributed by atoms with Crippen LogP contribution in [0.4, 0.5) is 0 Å². The number of nitrogens with zero attached hydrogens (tertiary/aromatic N) is 3. The van der Waals surface area contributed by atoms with Gasteiger partial charge in [0.05, 0.1) is 12.2 Å². The Kier molecular flexibility index (Phi) is 4.90. The highest BCUT2D eigenvalue weighted by atomic mass is 16.1. The maximum atomic E-state index is 11.4. The van der Waals surface area contributed by atoms with Crippen molar-refractivity contribution in [1.82, 2.24) is 25.1 Å². The summed E-state index contributed by atoms with van der Waals surface area (Å²) in [5.41, 5.74) is 2.88. The Morgan fingerprint density at radius 3 is 2.67 bits per heavy atom. The first kappa shape index (κ1) is 15.4. The Morgan fingerprint density at radius 2 is 2.05 bits per heavy atom. The van der Waals surface area contributed by atoms with Gasteiger partial charge in [0.25, 0.3) is 5.56 Å². The minimum atomic E-state index is -0.0896. The number of hydrogen-bond donors (Lipinski definition) is 2. The quantitative estimate of drug-likeness (QED) is 0.835. The fourth-order valence-electron chi connectivity index (χ4n) is 2.38. The molecular weight excluding hydrogens is 266 g/mol. The van der Waals surface area contributed by atoms with Crippen LogP contribution in [0.3, 0.4) is 0 Å². The molecule has 0 fully saturated rings. The van der Waals surface area contributed by atoms with Crippen LogP contribution in [-0.4, -0.2) is 32.3 Å². The molecule has 0 aliphatic heterocycles. The summed E-state index contributed by atoms with van der Waals surface area (Å²) in [5.74, 6) is 0.728. The van der Waals surface area contributed by atoms with Crippen LogP contribution >= 0.6 is 0 Å². The number of hydrogen-bond acceptors (Lipinski definition) is 4. The molecule has 2 aromatic heterocycles. The number of H-pyrrole nitrogens is 1. The predicted octanol–water partition coefficient (Wildman–Crippen LogP) is 1.11. The van der Waals surface area contributed by atoms with Crippen LogP contribution in [0.5, 0.6) is 0 Å². The van der Waals surface area contributed by atoms with E-state index in [2.05, 4.69) is 40.3 Å². The lowest BCUT2D eigenvalue weighted by atomic mass is 10.3. The van der Waals surface area contributed by atoms with Gasteiger partial charge in [-0.3, -0.25) is 9.48 Å². The minimum absolute atomic E-state index is 0.0896. The van der Waals surface area contributed by atoms with E-state index in [-0.39, 0.29) is 5.56 Å². The second-order valence-corrected chi connectivity index (χ2v) is 5.55. The van der Waals surface area contributed by atoms with Gasteiger partial charge < -0.3 is 10.3 Å². The Hall–Kier alpha value is -1.95. The number of aromatic nitrogens is 4. The Morgan fingerprint density at radius 1 is 1.29 bits per heavy atom. The molecule has 2 aromatic rings. The summed E-state index contributed by atoms with van der Waals surface area (Å²) in [7, 11) is 0. The third-order valence-electron chi connectivity index (χ3n) is 3.32. The lowest BCUT2D eigenvalue weighted by Crippen LogP contribution is -2.33. The summed E-state index contributed by atoms with van der Waals surface area (Å²) in [6.07, 6.45) is 0.707. The van der Waals surface area contributed by atoms with E-state index in [1.807, 2.05) is 18.5 Å². The molecule has 114 valence electrons. The number of nitrogens with one attached hydrogen (secondary N) is 2. The standard InChI is InChI=1S/C15H23N5O/c1-10-8-15(21)18-14(17-10)5-6-16-12(3)9-20-13(4)7-11(2)19-20/h7-8,12,16H,5-6,9H2,1-4H3,(H,17,18,21). The first-order chi connectivity index (χ1) is 9.94. The Balaban J connectivity index is 1.82. The molecule has 0 radical (unpaired) electrons. The van der Waals surface area contributed by atoms with Gasteiger partial charge in [0.1, 0.15) is 5.82 Å². The van der Waals surface area contributed by atoms with Crippen molar-refractivity contribution in [2.24, 2.45) is 0 Å². The van der Waals surface area contributed by atoms with Gasteiger partial charge in [0, 0.05) is 36.5 Å². The zero-order valence-electron chi connectivity index (χ0n) is 13.1. The molecule has 0 amide bonds. The highest BCUT2D eigenvalue weighted by molar-refractivity contribution is 5.06. The minimum Gasteiger partial charge on any atom is -0.312 e. The van der Waals surface area contributed by atoms with Crippen molar-refractivity contribution in [3.05, 3.63) is 45.4 Å². The van der Waals surface area contributed by atoms with Crippen molar-refractivity contribution < 1.29 is 0 Å². The van der Waals surface area contributed by atoms with Crippen LogP contribution in [0, 0.1) is 20.8 Å². The topological polar surface area (TPSA) is 75.6 Å². The summed E-state index contributed by atoms with van der Waals surface area (Å²) in [4.78, 5) is 18.4. The van der Waals surface area contributed by atoms with Gasteiger partial charge >= 0.3 is 0 Å². The first-order valence-corrected chi connectivity index (χ1v) is 7.25. The van der Waals surface area contributed by atoms with E-state index in [1.54, 1.807) is 0 Å². The SMILES string of the molecule is Cc1cc(=O)[nH]c(CCNC(C)Cn2nc(C)cc2C)n1. The molecule has 0 saturated carbocycles. The van der Waals surface area contributed by atoms with Crippen LogP contribution in [-0.2, 0) is 13.0 Å². The maximum absolute atomic E-state index is 11.4. The lowest BCUT2D eigenvalue weighted by Gasteiger charge is -2.14. The summed E-state index contributed by atoms with van der Waals surface area (Å²) in [6, 6.07) is 3.88. The molecule has 21 heavy (non-hydrogen) atoms. The smallest absolute Gasteiger partial charge is 0.251 e. The van der Waals surface area contributed by atoms with Gasteiger partial charge in [0.2, 0.25) is 0 Å². The molecule has 0 spiro atoms. The van der Waals surface area contributed by atoms with Crippen LogP contribution in [0.1, 0.15) is 29.8 Å². The van der Waals surface area contributed by atoms with Crippen molar-refractivity contribution >= 4 is 0 Å². The van der Waals surface area contributed by atoms with Gasteiger partial charge in [-0.05, 0) is 33.8 Å². The van der Waals surface area contributed by atoms with Crippen LogP contribution in [0.25, 0.3) is 0 Å². The number of rotatable bonds is 6. The highest BCUT2D eigenvalue weighted by Gasteiger charge is 2.07. The monoisotopic (exact) mass is 289 g/mol. The summed E-state index contributed by atoms with van der Waals surface area (Å²) < 4.78 is 2.01. The van der Waals surface area contributed by atoms with Crippen molar-refractivity contribution in [2.45, 2.75) is 46.7 Å². The number of aryl methyl sites for hydroxylation is 3. The molecule has 2 N–H and O–H groups in total. The molecule has 1 atom stereocenters. The number of aromatic amines is 1. The van der Waals surface area contributed by atoms with E-state index in [0.717, 1.165) is 30.3 Å². The average molecular weight is 289 g/mol. The largest absolute Gasteiger partial charge is 0.312 e. The molecule has 0 aliphatic rings. The van der Waals surface area contributed by atoms with Crippen molar-refractivity contribution in [3.63, 3.8) is 0 Å². The highest BCUT2D eigenvalue weighted by Crippen LogP contribution is 2.02. The van der Waals surface area contributed by atoms with E-state index >= 15 is 0 Å². The van der Waals surface area contributed by atoms with Gasteiger partial charge in [-0.1, -0.05) is 0 Å². The fourth-order valence-corrected chi connectivity index (χ4v) is 2.38. The van der Waals surface area contributed by atoms with Crippen LogP contribution < -0.4 is 10.9 Å². The van der Waals surface area contributed by atoms with Gasteiger partial charge in [-0.2, -0.15) is 5.10 Å². The van der Waals surface area contributed by atoms with E-state index in [4.69, 9.17) is 0 Å². The van der Waals surface area contributed by atoms with Crippen molar-refractivity contribution in [3.8, 4) is 0 Å². The third kappa shape index (κ3) is 4.53. The molecule has 0 bridgehead atoms. The normalized spacial score (nSPS) is 12.6. The molecule has 0 saturated heterocycles. The zero-order valence-corrected chi connectivity index (χ0v) is 13.1. The third-order valence-corrected chi connectivity index (χ3v) is 3.32. The van der Waals surface area contributed by atoms with E-state index in [0.29, 0.717) is 12.5 Å². The van der Waals surface area contributed by atoms with Crippen molar-refractivity contribution in [2.75, 3.05) is 6.54 Å². The van der Waals surface area contributed by atoms with Crippen molar-refractivity contribution in [1.29, 1.82) is 0 Å². The molecule has 0 aromatic carbocycles. The molecule has 2 rings (SSSR count). The summed E-state index contributed by atoms with van der Waals surface area (Å²) in [5, 5.41) is 7.89. The van der Waals surface area contributed by atoms with Gasteiger partial charge in [-0.15, -0.1) is 0 Å². The summed E-state index contributed by atoms with van der Waals surface area (Å²) in [6.45, 7) is 9.63. The van der Waals surface area contributed by atoms with E-state index in [9.17, 15) is 4.79 Å².